The van der Waals surface area contributed by atoms with Crippen LogP contribution in [0.3, 0.4) is 0 Å². The molecule has 194 valence electrons. The Labute approximate surface area is 213 Å². The van der Waals surface area contributed by atoms with Gasteiger partial charge in [0.05, 0.1) is 13.7 Å². The second-order valence-electron chi connectivity index (χ2n) is 10.1. The van der Waals surface area contributed by atoms with Gasteiger partial charge in [0.2, 0.25) is 5.91 Å². The van der Waals surface area contributed by atoms with Crippen molar-refractivity contribution in [2.24, 2.45) is 5.92 Å². The van der Waals surface area contributed by atoms with Crippen LogP contribution in [0.1, 0.15) is 42.4 Å². The summed E-state index contributed by atoms with van der Waals surface area (Å²) in [7, 11) is 5.67. The number of benzene rings is 2. The topological polar surface area (TPSA) is 83.1 Å². The smallest absolute Gasteiger partial charge is 0.322 e. The van der Waals surface area contributed by atoms with Gasteiger partial charge in [-0.1, -0.05) is 6.07 Å². The van der Waals surface area contributed by atoms with Gasteiger partial charge in [-0.05, 0) is 83.0 Å². The molecule has 0 radical (unpaired) electrons. The molecule has 2 aromatic rings. The first-order valence-corrected chi connectivity index (χ1v) is 12.7. The highest BCUT2D eigenvalue weighted by molar-refractivity contribution is 5.94. The van der Waals surface area contributed by atoms with Crippen molar-refractivity contribution in [2.45, 2.75) is 52.1 Å². The second kappa shape index (κ2) is 11.2. The van der Waals surface area contributed by atoms with Crippen LogP contribution in [-0.2, 0) is 11.3 Å². The number of rotatable bonds is 8. The third-order valence-corrected chi connectivity index (χ3v) is 7.36. The average molecular weight is 495 g/mol. The van der Waals surface area contributed by atoms with Crippen LogP contribution in [0, 0.1) is 19.8 Å². The number of nitrogens with zero attached hydrogens (tertiary/aromatic N) is 2. The normalized spacial score (nSPS) is 19.5. The summed E-state index contributed by atoms with van der Waals surface area (Å²) in [5.74, 6) is 1.59. The maximum absolute atomic E-state index is 12.9. The Balaban J connectivity index is 1.36. The van der Waals surface area contributed by atoms with E-state index in [2.05, 4.69) is 22.5 Å². The zero-order chi connectivity index (χ0) is 25.8. The molecule has 1 heterocycles. The summed E-state index contributed by atoms with van der Waals surface area (Å²) in [5, 5.41) is 6.10. The predicted octanol–water partition coefficient (Wildman–Crippen LogP) is 4.80. The van der Waals surface area contributed by atoms with Crippen LogP contribution in [0.4, 0.5) is 16.2 Å². The molecule has 3 amide bonds. The largest absolute Gasteiger partial charge is 0.496 e. The van der Waals surface area contributed by atoms with E-state index in [1.807, 2.05) is 56.3 Å². The summed E-state index contributed by atoms with van der Waals surface area (Å²) in [4.78, 5) is 29.9. The monoisotopic (exact) mass is 494 g/mol. The standard InChI is InChI=1S/C28H38N4O4/c1-18-6-9-21(16-26(18)35-5)29-27(33)20-7-10-22(11-8-20)32-17-23-19(2)25(36-15-14-31(3)4)13-12-24(23)30-28(32)34/h6,9,12-13,16,20,22H,7-8,10-11,14-15,17H2,1-5H3,(H,29,33)(H,30,34). The fourth-order valence-electron chi connectivity index (χ4n) is 5.07. The highest BCUT2D eigenvalue weighted by atomic mass is 16.5. The van der Waals surface area contributed by atoms with E-state index in [0.717, 1.165) is 71.8 Å². The molecule has 0 aromatic heterocycles. The van der Waals surface area contributed by atoms with Gasteiger partial charge in [-0.25, -0.2) is 4.79 Å². The lowest BCUT2D eigenvalue weighted by molar-refractivity contribution is -0.121. The molecule has 0 unspecified atom stereocenters. The van der Waals surface area contributed by atoms with Gasteiger partial charge >= 0.3 is 6.03 Å². The zero-order valence-corrected chi connectivity index (χ0v) is 22.0. The molecule has 1 saturated carbocycles. The molecule has 0 saturated heterocycles. The number of amides is 3. The van der Waals surface area contributed by atoms with Gasteiger partial charge < -0.3 is 29.9 Å². The molecule has 2 aromatic carbocycles. The Morgan fingerprint density at radius 2 is 1.86 bits per heavy atom. The number of aryl methyl sites for hydroxylation is 1. The summed E-state index contributed by atoms with van der Waals surface area (Å²) in [6.07, 6.45) is 3.11. The van der Waals surface area contributed by atoms with Gasteiger partial charge in [-0.3, -0.25) is 4.79 Å². The molecule has 4 rings (SSSR count). The predicted molar refractivity (Wildman–Crippen MR) is 142 cm³/mol. The number of nitrogens with one attached hydrogen (secondary N) is 2. The molecule has 1 fully saturated rings. The van der Waals surface area contributed by atoms with Gasteiger partial charge in [-0.2, -0.15) is 0 Å². The zero-order valence-electron chi connectivity index (χ0n) is 22.0. The lowest BCUT2D eigenvalue weighted by Crippen LogP contribution is -2.47. The Morgan fingerprint density at radius 1 is 1.11 bits per heavy atom. The number of carbonyl (C=O) groups excluding carboxylic acids is 2. The van der Waals surface area contributed by atoms with E-state index in [0.29, 0.717) is 13.2 Å². The van der Waals surface area contributed by atoms with Gasteiger partial charge in [0.15, 0.2) is 0 Å². The molecular formula is C28H38N4O4. The van der Waals surface area contributed by atoms with Crippen LogP contribution < -0.4 is 20.1 Å². The quantitative estimate of drug-likeness (QED) is 0.551. The van der Waals surface area contributed by atoms with Crippen molar-refractivity contribution < 1.29 is 19.1 Å². The summed E-state index contributed by atoms with van der Waals surface area (Å²) in [6.45, 7) is 6.04. The van der Waals surface area contributed by atoms with Crippen molar-refractivity contribution >= 4 is 23.3 Å². The first-order valence-electron chi connectivity index (χ1n) is 12.7. The van der Waals surface area contributed by atoms with E-state index in [9.17, 15) is 9.59 Å². The Morgan fingerprint density at radius 3 is 2.56 bits per heavy atom. The summed E-state index contributed by atoms with van der Waals surface area (Å²) in [5.41, 5.74) is 4.80. The molecule has 0 spiro atoms. The van der Waals surface area contributed by atoms with Crippen molar-refractivity contribution in [2.75, 3.05) is 45.0 Å². The van der Waals surface area contributed by atoms with Gasteiger partial charge in [0.1, 0.15) is 18.1 Å². The SMILES string of the molecule is COc1cc(NC(=O)C2CCC(N3Cc4c(ccc(OCCN(C)C)c4C)NC3=O)CC2)ccc1C. The number of hydrogen-bond acceptors (Lipinski definition) is 5. The molecule has 2 aliphatic rings. The third-order valence-electron chi connectivity index (χ3n) is 7.36. The number of anilines is 2. The molecule has 8 heteroatoms. The molecule has 36 heavy (non-hydrogen) atoms. The Bertz CT molecular complexity index is 1110. The molecule has 0 atom stereocenters. The number of carbonyl (C=O) groups is 2. The number of fused-ring (bicyclic) bond motifs is 1. The van der Waals surface area contributed by atoms with E-state index in [1.165, 1.54) is 0 Å². The second-order valence-corrected chi connectivity index (χ2v) is 10.1. The van der Waals surface area contributed by atoms with E-state index in [-0.39, 0.29) is 23.9 Å². The highest BCUT2D eigenvalue weighted by Crippen LogP contribution is 2.36. The number of hydrogen-bond donors (Lipinski definition) is 2. The first kappa shape index (κ1) is 25.8. The van der Waals surface area contributed by atoms with Crippen molar-refractivity contribution in [1.29, 1.82) is 0 Å². The third kappa shape index (κ3) is 5.75. The molecule has 1 aliphatic carbocycles. The lowest BCUT2D eigenvalue weighted by Gasteiger charge is -2.39. The minimum Gasteiger partial charge on any atom is -0.496 e. The molecule has 1 aliphatic heterocycles. The Hall–Kier alpha value is -3.26. The molecule has 2 N–H and O–H groups in total. The minimum absolute atomic E-state index is 0.0307. The van der Waals surface area contributed by atoms with Crippen LogP contribution in [0.25, 0.3) is 0 Å². The lowest BCUT2D eigenvalue weighted by atomic mass is 9.84. The van der Waals surface area contributed by atoms with Crippen LogP contribution >= 0.6 is 0 Å². The van der Waals surface area contributed by atoms with Crippen molar-refractivity contribution in [3.8, 4) is 11.5 Å². The fourth-order valence-corrected chi connectivity index (χ4v) is 5.07. The molecular weight excluding hydrogens is 456 g/mol. The van der Waals surface area contributed by atoms with E-state index < -0.39 is 0 Å². The van der Waals surface area contributed by atoms with Gasteiger partial charge in [0, 0.05) is 41.5 Å². The van der Waals surface area contributed by atoms with Crippen LogP contribution in [0.5, 0.6) is 11.5 Å². The average Bonchev–Trinajstić information content (AvgIpc) is 2.86. The highest BCUT2D eigenvalue weighted by Gasteiger charge is 2.35. The van der Waals surface area contributed by atoms with Crippen LogP contribution in [0.15, 0.2) is 30.3 Å². The van der Waals surface area contributed by atoms with E-state index >= 15 is 0 Å². The number of likely N-dealkylation sites (N-methyl/N-ethyl adjacent to an activating group) is 1. The summed E-state index contributed by atoms with van der Waals surface area (Å²) < 4.78 is 11.4. The minimum atomic E-state index is -0.0668. The molecule has 8 nitrogen and oxygen atoms in total. The van der Waals surface area contributed by atoms with Gasteiger partial charge in [-0.15, -0.1) is 0 Å². The fraction of sp³-hybridized carbons (Fsp3) is 0.500. The van der Waals surface area contributed by atoms with E-state index in [1.54, 1.807) is 7.11 Å². The number of methoxy groups -OCH3 is 1. The maximum Gasteiger partial charge on any atom is 0.322 e. The Kier molecular flexibility index (Phi) is 8.04. The summed E-state index contributed by atoms with van der Waals surface area (Å²) >= 11 is 0. The van der Waals surface area contributed by atoms with Crippen LogP contribution in [-0.4, -0.2) is 62.1 Å². The van der Waals surface area contributed by atoms with E-state index in [4.69, 9.17) is 9.47 Å². The maximum atomic E-state index is 12.9. The van der Waals surface area contributed by atoms with Crippen molar-refractivity contribution in [1.82, 2.24) is 9.80 Å². The number of urea groups is 1. The van der Waals surface area contributed by atoms with Crippen LogP contribution in [0.2, 0.25) is 0 Å². The first-order chi connectivity index (χ1) is 17.3. The number of ether oxygens (including phenoxy) is 2. The molecule has 0 bridgehead atoms. The van der Waals surface area contributed by atoms with Crippen molar-refractivity contribution in [3.05, 3.63) is 47.0 Å². The van der Waals surface area contributed by atoms with Crippen molar-refractivity contribution in [3.63, 3.8) is 0 Å². The van der Waals surface area contributed by atoms with Gasteiger partial charge in [0.25, 0.3) is 0 Å². The summed E-state index contributed by atoms with van der Waals surface area (Å²) in [6, 6.07) is 9.62.